The van der Waals surface area contributed by atoms with Gasteiger partial charge in [0.05, 0.1) is 24.6 Å². The average molecular weight is 309 g/mol. The van der Waals surface area contributed by atoms with E-state index in [0.717, 1.165) is 0 Å². The Bertz CT molecular complexity index is 585. The highest BCUT2D eigenvalue weighted by atomic mass is 16.4. The van der Waals surface area contributed by atoms with Gasteiger partial charge in [0.15, 0.2) is 0 Å². The van der Waals surface area contributed by atoms with Gasteiger partial charge in [0.1, 0.15) is 5.70 Å². The smallest absolute Gasteiger partial charge is 0.352 e. The number of amides is 2. The summed E-state index contributed by atoms with van der Waals surface area (Å²) in [6, 6.07) is -0.302. The van der Waals surface area contributed by atoms with E-state index in [1.165, 1.54) is 9.80 Å². The number of carbonyl (C=O) groups is 3. The first-order chi connectivity index (χ1) is 10.4. The Kier molecular flexibility index (Phi) is 3.45. The van der Waals surface area contributed by atoms with Crippen molar-refractivity contribution in [2.24, 2.45) is 17.6 Å². The second-order valence-electron chi connectivity index (χ2n) is 6.06. The summed E-state index contributed by atoms with van der Waals surface area (Å²) >= 11 is 0. The monoisotopic (exact) mass is 309 g/mol. The lowest BCUT2D eigenvalue weighted by molar-refractivity contribution is -0.163. The van der Waals surface area contributed by atoms with Gasteiger partial charge in [-0.1, -0.05) is 0 Å². The van der Waals surface area contributed by atoms with Crippen LogP contribution in [-0.2, 0) is 14.4 Å². The summed E-state index contributed by atoms with van der Waals surface area (Å²) < 4.78 is 0. The lowest BCUT2D eigenvalue weighted by atomic mass is 9.74. The van der Waals surface area contributed by atoms with Crippen molar-refractivity contribution in [1.82, 2.24) is 9.80 Å². The van der Waals surface area contributed by atoms with Crippen LogP contribution < -0.4 is 5.73 Å². The van der Waals surface area contributed by atoms with E-state index >= 15 is 0 Å². The normalized spacial score (nSPS) is 31.6. The number of likely N-dealkylation sites (tertiary alicyclic amines) is 1. The predicted octanol–water partition coefficient (Wildman–Crippen LogP) is -1.65. The molecule has 0 spiro atoms. The van der Waals surface area contributed by atoms with Gasteiger partial charge in [0.2, 0.25) is 11.8 Å². The molecule has 0 aromatic heterocycles. The fourth-order valence-corrected chi connectivity index (χ4v) is 3.95. The highest BCUT2D eigenvalue weighted by molar-refractivity contribution is 6.00. The summed E-state index contributed by atoms with van der Waals surface area (Å²) in [6.45, 7) is 2.10. The van der Waals surface area contributed by atoms with Gasteiger partial charge in [0.25, 0.3) is 0 Å². The zero-order valence-corrected chi connectivity index (χ0v) is 12.2. The third-order valence-corrected chi connectivity index (χ3v) is 4.91. The van der Waals surface area contributed by atoms with Crippen LogP contribution in [0.3, 0.4) is 0 Å². The van der Waals surface area contributed by atoms with Crippen LogP contribution in [0.15, 0.2) is 11.3 Å². The number of nitrogens with zero attached hydrogens (tertiary/aromatic N) is 2. The highest BCUT2D eigenvalue weighted by Crippen LogP contribution is 2.49. The van der Waals surface area contributed by atoms with Crippen LogP contribution in [-0.4, -0.2) is 69.6 Å². The average Bonchev–Trinajstić information content (AvgIpc) is 2.76. The van der Waals surface area contributed by atoms with Crippen LogP contribution in [0.4, 0.5) is 0 Å². The molecule has 3 heterocycles. The van der Waals surface area contributed by atoms with Crippen LogP contribution in [0.25, 0.3) is 0 Å². The Morgan fingerprint density at radius 1 is 1.45 bits per heavy atom. The molecule has 0 saturated carbocycles. The molecule has 3 aliphatic rings. The van der Waals surface area contributed by atoms with E-state index in [0.29, 0.717) is 18.5 Å². The van der Waals surface area contributed by atoms with Gasteiger partial charge in [-0.05, 0) is 18.9 Å². The van der Waals surface area contributed by atoms with Crippen molar-refractivity contribution >= 4 is 17.8 Å². The summed E-state index contributed by atoms with van der Waals surface area (Å²) in [5.74, 6) is -2.42. The van der Waals surface area contributed by atoms with Crippen molar-refractivity contribution in [3.8, 4) is 0 Å². The molecule has 4 N–H and O–H groups in total. The Balaban J connectivity index is 1.95. The highest BCUT2D eigenvalue weighted by Gasteiger charge is 2.61. The number of aliphatic hydroxyl groups excluding tert-OH is 1. The van der Waals surface area contributed by atoms with E-state index in [-0.39, 0.29) is 42.6 Å². The topological polar surface area (TPSA) is 124 Å². The van der Waals surface area contributed by atoms with Gasteiger partial charge in [-0.3, -0.25) is 9.59 Å². The molecule has 0 aromatic carbocycles. The maximum Gasteiger partial charge on any atom is 0.352 e. The number of carbonyl (C=O) groups excluding carboxylic acids is 2. The molecule has 2 amide bonds. The van der Waals surface area contributed by atoms with Gasteiger partial charge in [0, 0.05) is 19.0 Å². The number of rotatable bonds is 3. The maximum atomic E-state index is 12.2. The quantitative estimate of drug-likeness (QED) is 0.537. The molecule has 0 bridgehead atoms. The predicted molar refractivity (Wildman–Crippen MR) is 74.2 cm³/mol. The number of carboxylic acids is 1. The minimum atomic E-state index is -1.16. The molecule has 0 unspecified atom stereocenters. The lowest BCUT2D eigenvalue weighted by Gasteiger charge is -2.47. The number of aliphatic hydroxyl groups is 1. The summed E-state index contributed by atoms with van der Waals surface area (Å²) in [6.07, 6.45) is -0.234. The van der Waals surface area contributed by atoms with Crippen LogP contribution >= 0.6 is 0 Å². The van der Waals surface area contributed by atoms with E-state index in [1.807, 2.05) is 0 Å². The zero-order chi connectivity index (χ0) is 16.2. The molecular formula is C14H19N3O5. The Morgan fingerprint density at radius 2 is 2.14 bits per heavy atom. The zero-order valence-electron chi connectivity index (χ0n) is 12.2. The van der Waals surface area contributed by atoms with Gasteiger partial charge >= 0.3 is 5.97 Å². The number of fused-ring (bicyclic) bond motifs is 3. The number of nitrogens with two attached hydrogens (primary N) is 1. The first kappa shape index (κ1) is 15.0. The van der Waals surface area contributed by atoms with Gasteiger partial charge in [-0.15, -0.1) is 0 Å². The number of piperidine rings is 1. The van der Waals surface area contributed by atoms with E-state index < -0.39 is 18.0 Å². The summed E-state index contributed by atoms with van der Waals surface area (Å²) in [7, 11) is 0. The SMILES string of the molecule is C[C@@H](O)[C@H]1C(=O)N2C(C(=O)O)=C3CN(C(=O)CN)CC[C@@H]3[C@H]12. The van der Waals surface area contributed by atoms with Crippen LogP contribution in [0.2, 0.25) is 0 Å². The second-order valence-corrected chi connectivity index (χ2v) is 6.06. The summed E-state index contributed by atoms with van der Waals surface area (Å²) in [5, 5.41) is 19.2. The van der Waals surface area contributed by atoms with Crippen molar-refractivity contribution in [2.75, 3.05) is 19.6 Å². The summed E-state index contributed by atoms with van der Waals surface area (Å²) in [5.41, 5.74) is 5.94. The molecule has 0 aliphatic carbocycles. The largest absolute Gasteiger partial charge is 0.477 e. The molecule has 2 fully saturated rings. The first-order valence-corrected chi connectivity index (χ1v) is 7.33. The van der Waals surface area contributed by atoms with E-state index in [4.69, 9.17) is 5.73 Å². The van der Waals surface area contributed by atoms with Crippen LogP contribution in [0.1, 0.15) is 13.3 Å². The van der Waals surface area contributed by atoms with E-state index in [2.05, 4.69) is 0 Å². The fourth-order valence-electron chi connectivity index (χ4n) is 3.95. The number of carboxylic acid groups (broad SMARTS) is 1. The molecule has 4 atom stereocenters. The van der Waals surface area contributed by atoms with Gasteiger partial charge in [-0.25, -0.2) is 4.79 Å². The van der Waals surface area contributed by atoms with E-state index in [1.54, 1.807) is 6.92 Å². The standard InChI is InChI=1S/C14H19N3O5/c1-6(18)10-11-7-2-3-16(9(19)4-15)5-8(7)12(14(21)22)17(11)13(10)20/h6-7,10-11,18H,2-5,15H2,1H3,(H,21,22)/t6-,7+,10-,11-/m1/s1. The van der Waals surface area contributed by atoms with Crippen molar-refractivity contribution in [1.29, 1.82) is 0 Å². The number of hydrogen-bond donors (Lipinski definition) is 3. The summed E-state index contributed by atoms with van der Waals surface area (Å²) in [4.78, 5) is 38.3. The minimum Gasteiger partial charge on any atom is -0.477 e. The molecule has 8 heteroatoms. The number of aliphatic carboxylic acids is 1. The van der Waals surface area contributed by atoms with Crippen molar-refractivity contribution < 1.29 is 24.6 Å². The molecule has 120 valence electrons. The third kappa shape index (κ3) is 1.87. The molecule has 3 rings (SSSR count). The minimum absolute atomic E-state index is 0.0218. The Labute approximate surface area is 127 Å². The molecule has 0 aromatic rings. The fraction of sp³-hybridized carbons (Fsp3) is 0.643. The van der Waals surface area contributed by atoms with Crippen LogP contribution in [0, 0.1) is 11.8 Å². The number of β-lactam (4-membered cyclic amide) rings is 1. The van der Waals surface area contributed by atoms with Crippen LogP contribution in [0.5, 0.6) is 0 Å². The van der Waals surface area contributed by atoms with Crippen molar-refractivity contribution in [2.45, 2.75) is 25.5 Å². The van der Waals surface area contributed by atoms with E-state index in [9.17, 15) is 24.6 Å². The Hall–Kier alpha value is -1.93. The first-order valence-electron chi connectivity index (χ1n) is 7.33. The second kappa shape index (κ2) is 5.06. The molecule has 3 aliphatic heterocycles. The number of hydrogen-bond acceptors (Lipinski definition) is 5. The molecule has 22 heavy (non-hydrogen) atoms. The molecule has 8 nitrogen and oxygen atoms in total. The molecule has 2 saturated heterocycles. The Morgan fingerprint density at radius 3 is 2.68 bits per heavy atom. The third-order valence-electron chi connectivity index (χ3n) is 4.91. The maximum absolute atomic E-state index is 12.2. The lowest BCUT2D eigenvalue weighted by Crippen LogP contribution is -2.64. The van der Waals surface area contributed by atoms with Gasteiger partial charge < -0.3 is 25.7 Å². The van der Waals surface area contributed by atoms with Gasteiger partial charge in [-0.2, -0.15) is 0 Å². The molecule has 0 radical (unpaired) electrons. The van der Waals surface area contributed by atoms with Crippen molar-refractivity contribution in [3.05, 3.63) is 11.3 Å². The van der Waals surface area contributed by atoms with Crippen molar-refractivity contribution in [3.63, 3.8) is 0 Å². The molecular weight excluding hydrogens is 290 g/mol.